The van der Waals surface area contributed by atoms with Crippen LogP contribution in [0.2, 0.25) is 0 Å². The minimum absolute atomic E-state index is 0.134. The number of aliphatic imine (C=N–C) groups is 1. The van der Waals surface area contributed by atoms with Crippen LogP contribution in [-0.2, 0) is 0 Å². The summed E-state index contributed by atoms with van der Waals surface area (Å²) in [6.07, 6.45) is 2.04. The van der Waals surface area contributed by atoms with E-state index in [4.69, 9.17) is 4.99 Å². The van der Waals surface area contributed by atoms with Gasteiger partial charge in [-0.15, -0.1) is 0 Å². The molecule has 0 amide bonds. The third-order valence-corrected chi connectivity index (χ3v) is 3.01. The van der Waals surface area contributed by atoms with Crippen molar-refractivity contribution in [2.75, 3.05) is 0 Å². The van der Waals surface area contributed by atoms with Gasteiger partial charge in [-0.25, -0.2) is 0 Å². The Balaban J connectivity index is 2.24. The molecular formula is C15H22N2. The standard InChI is InChI=1S/C15H22N2/c1-14(2)10-13(11-15(3,4)17-14)16-12-8-6-5-7-9-12/h5-9,17H,10-11H2,1-4H3. The van der Waals surface area contributed by atoms with Gasteiger partial charge in [0, 0.05) is 29.6 Å². The van der Waals surface area contributed by atoms with Gasteiger partial charge in [0.15, 0.2) is 0 Å². The number of hydrogen-bond donors (Lipinski definition) is 1. The van der Waals surface area contributed by atoms with Crippen molar-refractivity contribution in [3.05, 3.63) is 30.3 Å². The lowest BCUT2D eigenvalue weighted by molar-refractivity contribution is 0.252. The maximum atomic E-state index is 4.79. The molecule has 0 atom stereocenters. The lowest BCUT2D eigenvalue weighted by atomic mass is 9.81. The highest BCUT2D eigenvalue weighted by Crippen LogP contribution is 2.28. The first kappa shape index (κ1) is 12.3. The molecular weight excluding hydrogens is 208 g/mol. The monoisotopic (exact) mass is 230 g/mol. The minimum Gasteiger partial charge on any atom is -0.306 e. The fourth-order valence-electron chi connectivity index (χ4n) is 2.85. The summed E-state index contributed by atoms with van der Waals surface area (Å²) in [5.41, 5.74) is 2.63. The Kier molecular flexibility index (Phi) is 3.09. The van der Waals surface area contributed by atoms with Crippen molar-refractivity contribution in [3.63, 3.8) is 0 Å². The molecule has 0 radical (unpaired) electrons. The number of para-hydroxylation sites is 1. The predicted molar refractivity (Wildman–Crippen MR) is 74.1 cm³/mol. The molecule has 1 fully saturated rings. The van der Waals surface area contributed by atoms with Crippen LogP contribution in [0.4, 0.5) is 5.69 Å². The lowest BCUT2D eigenvalue weighted by Crippen LogP contribution is -2.58. The van der Waals surface area contributed by atoms with Crippen molar-refractivity contribution in [3.8, 4) is 0 Å². The highest BCUT2D eigenvalue weighted by Gasteiger charge is 2.35. The normalized spacial score (nSPS) is 22.2. The number of piperidine rings is 1. The van der Waals surface area contributed by atoms with E-state index in [9.17, 15) is 0 Å². The van der Waals surface area contributed by atoms with Crippen LogP contribution in [-0.4, -0.2) is 16.8 Å². The van der Waals surface area contributed by atoms with Gasteiger partial charge in [0.25, 0.3) is 0 Å². The maximum Gasteiger partial charge on any atom is 0.0629 e. The molecule has 0 aromatic heterocycles. The van der Waals surface area contributed by atoms with Crippen LogP contribution in [0.5, 0.6) is 0 Å². The van der Waals surface area contributed by atoms with Gasteiger partial charge in [-0.2, -0.15) is 0 Å². The van der Waals surface area contributed by atoms with E-state index >= 15 is 0 Å². The molecule has 1 aliphatic rings. The molecule has 0 spiro atoms. The summed E-state index contributed by atoms with van der Waals surface area (Å²) in [5, 5.41) is 3.67. The predicted octanol–water partition coefficient (Wildman–Crippen LogP) is 3.70. The summed E-state index contributed by atoms with van der Waals surface area (Å²) in [5.74, 6) is 0. The molecule has 1 saturated heterocycles. The van der Waals surface area contributed by atoms with Crippen LogP contribution in [0, 0.1) is 0 Å². The fraction of sp³-hybridized carbons (Fsp3) is 0.533. The van der Waals surface area contributed by atoms with E-state index in [-0.39, 0.29) is 11.1 Å². The highest BCUT2D eigenvalue weighted by molar-refractivity contribution is 5.89. The molecule has 0 unspecified atom stereocenters. The summed E-state index contributed by atoms with van der Waals surface area (Å²) in [4.78, 5) is 4.79. The summed E-state index contributed by atoms with van der Waals surface area (Å²) in [7, 11) is 0. The Bertz CT molecular complexity index is 398. The van der Waals surface area contributed by atoms with E-state index in [1.165, 1.54) is 5.71 Å². The lowest BCUT2D eigenvalue weighted by Gasteiger charge is -2.43. The summed E-state index contributed by atoms with van der Waals surface area (Å²) < 4.78 is 0. The molecule has 1 aliphatic heterocycles. The number of nitrogens with zero attached hydrogens (tertiary/aromatic N) is 1. The van der Waals surface area contributed by atoms with Crippen LogP contribution in [0.1, 0.15) is 40.5 Å². The van der Waals surface area contributed by atoms with Crippen molar-refractivity contribution in [1.82, 2.24) is 5.32 Å². The Morgan fingerprint density at radius 2 is 1.47 bits per heavy atom. The zero-order chi connectivity index (χ0) is 12.5. The quantitative estimate of drug-likeness (QED) is 0.781. The number of benzene rings is 1. The second-order valence-electron chi connectivity index (χ2n) is 6.26. The molecule has 2 nitrogen and oxygen atoms in total. The van der Waals surface area contributed by atoms with Gasteiger partial charge in [-0.3, -0.25) is 4.99 Å². The van der Waals surface area contributed by atoms with E-state index in [2.05, 4.69) is 45.1 Å². The number of nitrogens with one attached hydrogen (secondary N) is 1. The van der Waals surface area contributed by atoms with E-state index in [1.54, 1.807) is 0 Å². The van der Waals surface area contributed by atoms with Crippen LogP contribution >= 0.6 is 0 Å². The van der Waals surface area contributed by atoms with Gasteiger partial charge < -0.3 is 5.32 Å². The zero-order valence-electron chi connectivity index (χ0n) is 11.2. The van der Waals surface area contributed by atoms with Crippen molar-refractivity contribution in [1.29, 1.82) is 0 Å². The molecule has 2 rings (SSSR count). The van der Waals surface area contributed by atoms with Crippen molar-refractivity contribution in [2.24, 2.45) is 4.99 Å². The third kappa shape index (κ3) is 3.40. The Labute approximate surface area is 104 Å². The van der Waals surface area contributed by atoms with E-state index in [0.717, 1.165) is 18.5 Å². The molecule has 2 heteroatoms. The third-order valence-electron chi connectivity index (χ3n) is 3.01. The maximum absolute atomic E-state index is 4.79. The minimum atomic E-state index is 0.134. The molecule has 92 valence electrons. The molecule has 17 heavy (non-hydrogen) atoms. The summed E-state index contributed by atoms with van der Waals surface area (Å²) >= 11 is 0. The van der Waals surface area contributed by atoms with Crippen LogP contribution in [0.3, 0.4) is 0 Å². The van der Waals surface area contributed by atoms with E-state index in [0.29, 0.717) is 0 Å². The average Bonchev–Trinajstić information content (AvgIpc) is 2.13. The molecule has 1 N–H and O–H groups in total. The zero-order valence-corrected chi connectivity index (χ0v) is 11.2. The first-order valence-electron chi connectivity index (χ1n) is 6.27. The SMILES string of the molecule is CC1(C)CC(=Nc2ccccc2)CC(C)(C)N1. The largest absolute Gasteiger partial charge is 0.306 e. The Morgan fingerprint density at radius 1 is 0.941 bits per heavy atom. The van der Waals surface area contributed by atoms with Crippen molar-refractivity contribution < 1.29 is 0 Å². The van der Waals surface area contributed by atoms with Crippen LogP contribution < -0.4 is 5.32 Å². The summed E-state index contributed by atoms with van der Waals surface area (Å²) in [6.45, 7) is 8.98. The van der Waals surface area contributed by atoms with Gasteiger partial charge >= 0.3 is 0 Å². The Hall–Kier alpha value is -1.15. The van der Waals surface area contributed by atoms with E-state index in [1.807, 2.05) is 18.2 Å². The molecule has 0 saturated carbocycles. The topological polar surface area (TPSA) is 24.4 Å². The molecule has 0 bridgehead atoms. The Morgan fingerprint density at radius 3 is 2.00 bits per heavy atom. The second-order valence-corrected chi connectivity index (χ2v) is 6.26. The average molecular weight is 230 g/mol. The first-order valence-corrected chi connectivity index (χ1v) is 6.27. The van der Waals surface area contributed by atoms with Crippen LogP contribution in [0.25, 0.3) is 0 Å². The first-order chi connectivity index (χ1) is 7.86. The van der Waals surface area contributed by atoms with Gasteiger partial charge in [0.2, 0.25) is 0 Å². The van der Waals surface area contributed by atoms with Crippen molar-refractivity contribution in [2.45, 2.75) is 51.6 Å². The highest BCUT2D eigenvalue weighted by atomic mass is 15.1. The van der Waals surface area contributed by atoms with Crippen molar-refractivity contribution >= 4 is 11.4 Å². The molecule has 1 aromatic carbocycles. The smallest absolute Gasteiger partial charge is 0.0629 e. The van der Waals surface area contributed by atoms with Crippen LogP contribution in [0.15, 0.2) is 35.3 Å². The molecule has 0 aliphatic carbocycles. The number of rotatable bonds is 1. The van der Waals surface area contributed by atoms with Gasteiger partial charge in [0.05, 0.1) is 5.69 Å². The fourth-order valence-corrected chi connectivity index (χ4v) is 2.85. The summed E-state index contributed by atoms with van der Waals surface area (Å²) in [6, 6.07) is 10.2. The molecule has 1 heterocycles. The second kappa shape index (κ2) is 4.26. The van der Waals surface area contributed by atoms with Gasteiger partial charge in [-0.05, 0) is 39.8 Å². The van der Waals surface area contributed by atoms with Gasteiger partial charge in [-0.1, -0.05) is 18.2 Å². The van der Waals surface area contributed by atoms with E-state index < -0.39 is 0 Å². The van der Waals surface area contributed by atoms with Gasteiger partial charge in [0.1, 0.15) is 0 Å². The molecule has 1 aromatic rings. The number of hydrogen-bond acceptors (Lipinski definition) is 2.